The van der Waals surface area contributed by atoms with Gasteiger partial charge in [-0.1, -0.05) is 23.7 Å². The molecule has 10 heteroatoms. The van der Waals surface area contributed by atoms with E-state index in [1.54, 1.807) is 49.3 Å². The first-order valence-corrected chi connectivity index (χ1v) is 12.2. The molecule has 3 aliphatic rings. The Hall–Kier alpha value is -3.56. The summed E-state index contributed by atoms with van der Waals surface area (Å²) in [5.41, 5.74) is 4.60. The quantitative estimate of drug-likeness (QED) is 0.512. The number of ketones is 4. The summed E-state index contributed by atoms with van der Waals surface area (Å²) in [6.07, 6.45) is -0.112. The zero-order chi connectivity index (χ0) is 27.0. The second-order valence-corrected chi connectivity index (χ2v) is 10.7. The first-order valence-electron chi connectivity index (χ1n) is 11.9. The summed E-state index contributed by atoms with van der Waals surface area (Å²) in [6.45, 7) is 0. The highest BCUT2D eigenvalue weighted by atomic mass is 35.5. The zero-order valence-corrected chi connectivity index (χ0v) is 20.9. The normalized spacial score (nSPS) is 28.9. The van der Waals surface area contributed by atoms with E-state index in [4.69, 9.17) is 17.3 Å². The van der Waals surface area contributed by atoms with Crippen molar-refractivity contribution in [3.05, 3.63) is 46.5 Å². The van der Waals surface area contributed by atoms with Crippen LogP contribution in [0.5, 0.6) is 5.75 Å². The van der Waals surface area contributed by atoms with E-state index in [2.05, 4.69) is 0 Å². The van der Waals surface area contributed by atoms with E-state index in [1.807, 2.05) is 0 Å². The number of aliphatic hydroxyl groups is 1. The number of carbonyl (C=O) groups is 5. The molecular formula is C27H25ClN2O7. The topological polar surface area (TPSA) is 155 Å². The Morgan fingerprint density at radius 3 is 2.43 bits per heavy atom. The number of phenolic OH excluding ortho intramolecular Hbond substituents is 1. The van der Waals surface area contributed by atoms with Crippen LogP contribution in [0.3, 0.4) is 0 Å². The average molecular weight is 525 g/mol. The number of aromatic hydroxyl groups is 1. The third-order valence-corrected chi connectivity index (χ3v) is 8.23. The minimum absolute atomic E-state index is 0.0464. The molecule has 3 aliphatic carbocycles. The molecule has 0 heterocycles. The summed E-state index contributed by atoms with van der Waals surface area (Å²) in [5.74, 6) is -10.4. The van der Waals surface area contributed by atoms with Crippen molar-refractivity contribution >= 4 is 46.3 Å². The molecule has 0 bridgehead atoms. The summed E-state index contributed by atoms with van der Waals surface area (Å²) in [5, 5.41) is 23.1. The number of hydrogen-bond donors (Lipinski definition) is 3. The molecule has 0 radical (unpaired) electrons. The van der Waals surface area contributed by atoms with E-state index in [1.165, 1.54) is 0 Å². The molecule has 0 spiro atoms. The molecule has 2 aromatic rings. The van der Waals surface area contributed by atoms with E-state index in [0.717, 1.165) is 0 Å². The maximum Gasteiger partial charge on any atom is 0.235 e. The lowest BCUT2D eigenvalue weighted by atomic mass is 9.53. The van der Waals surface area contributed by atoms with Crippen LogP contribution in [0, 0.1) is 23.7 Å². The number of nitrogens with zero attached hydrogens (tertiary/aromatic N) is 1. The number of anilines is 1. The van der Waals surface area contributed by atoms with Crippen molar-refractivity contribution in [3.8, 4) is 16.9 Å². The van der Waals surface area contributed by atoms with Gasteiger partial charge >= 0.3 is 0 Å². The van der Waals surface area contributed by atoms with Gasteiger partial charge in [0.05, 0.1) is 11.5 Å². The van der Waals surface area contributed by atoms with Crippen LogP contribution in [-0.4, -0.2) is 58.9 Å². The monoisotopic (exact) mass is 524 g/mol. The summed E-state index contributed by atoms with van der Waals surface area (Å²) >= 11 is 6.15. The lowest BCUT2D eigenvalue weighted by Gasteiger charge is -2.48. The van der Waals surface area contributed by atoms with E-state index in [0.29, 0.717) is 27.4 Å². The largest absolute Gasteiger partial charge is 0.507 e. The lowest BCUT2D eigenvalue weighted by molar-refractivity contribution is -0.175. The van der Waals surface area contributed by atoms with Gasteiger partial charge in [-0.25, -0.2) is 0 Å². The maximum absolute atomic E-state index is 13.9. The van der Waals surface area contributed by atoms with Crippen LogP contribution in [0.15, 0.2) is 30.3 Å². The molecule has 2 fully saturated rings. The van der Waals surface area contributed by atoms with Gasteiger partial charge in [-0.05, 0) is 48.1 Å². The highest BCUT2D eigenvalue weighted by Crippen LogP contribution is 2.52. The molecule has 0 aliphatic heterocycles. The standard InChI is InChI=1S/C27H25ClN2O7/c1-30(2)17-10-15(11-4-3-5-14(28)7-11)22(32)20-16(17)8-12-6-13-9-18(31)21(26(29)36)25(35)27(13,37)24(34)19(12)23(20)33/h3-5,7,10,12-13,19,21,32,37H,6,8-9H2,1-2H3,(H2,29,36)/t12-,13+,19?,21?,27+/m1/s1. The number of hydrogen-bond acceptors (Lipinski definition) is 8. The first kappa shape index (κ1) is 25.1. The van der Waals surface area contributed by atoms with Gasteiger partial charge in [-0.2, -0.15) is 0 Å². The Labute approximate surface area is 217 Å². The van der Waals surface area contributed by atoms with Crippen molar-refractivity contribution in [2.24, 2.45) is 29.4 Å². The van der Waals surface area contributed by atoms with Crippen LogP contribution in [0.4, 0.5) is 5.69 Å². The van der Waals surface area contributed by atoms with Gasteiger partial charge < -0.3 is 20.8 Å². The Bertz CT molecular complexity index is 1420. The molecule has 1 amide bonds. The Kier molecular flexibility index (Phi) is 5.76. The number of primary amides is 1. The minimum atomic E-state index is -2.67. The van der Waals surface area contributed by atoms with Crippen molar-refractivity contribution < 1.29 is 34.2 Å². The van der Waals surface area contributed by atoms with Gasteiger partial charge in [-0.3, -0.25) is 24.0 Å². The number of phenols is 1. The van der Waals surface area contributed by atoms with Gasteiger partial charge in [0, 0.05) is 42.7 Å². The molecule has 192 valence electrons. The van der Waals surface area contributed by atoms with Crippen LogP contribution in [-0.2, 0) is 25.6 Å². The molecule has 5 rings (SSSR count). The van der Waals surface area contributed by atoms with Crippen LogP contribution in [0.1, 0.15) is 28.8 Å². The molecule has 2 saturated carbocycles. The van der Waals surface area contributed by atoms with Crippen molar-refractivity contribution in [3.63, 3.8) is 0 Å². The number of carbonyl (C=O) groups excluding carboxylic acids is 5. The molecule has 2 aromatic carbocycles. The number of fused-ring (bicyclic) bond motifs is 3. The van der Waals surface area contributed by atoms with Crippen LogP contribution in [0.2, 0.25) is 5.02 Å². The van der Waals surface area contributed by atoms with Gasteiger partial charge in [-0.15, -0.1) is 0 Å². The Balaban J connectivity index is 1.66. The molecule has 0 aromatic heterocycles. The number of rotatable bonds is 3. The average Bonchev–Trinajstić information content (AvgIpc) is 2.81. The summed E-state index contributed by atoms with van der Waals surface area (Å²) < 4.78 is 0. The fourth-order valence-corrected chi connectivity index (χ4v) is 6.48. The van der Waals surface area contributed by atoms with Gasteiger partial charge in [0.25, 0.3) is 0 Å². The SMILES string of the molecule is CN(C)c1cc(-c2cccc(Cl)c2)c(O)c2c1C[C@H]1C[C@H]3CC(=O)C(C(N)=O)C(=O)[C@@]3(O)C(=O)C1C2=O. The highest BCUT2D eigenvalue weighted by molar-refractivity contribution is 6.32. The van der Waals surface area contributed by atoms with E-state index in [9.17, 15) is 34.2 Å². The minimum Gasteiger partial charge on any atom is -0.507 e. The van der Waals surface area contributed by atoms with Crippen LogP contribution in [0.25, 0.3) is 11.1 Å². The summed E-state index contributed by atoms with van der Waals surface area (Å²) in [7, 11) is 3.58. The third-order valence-electron chi connectivity index (χ3n) is 8.00. The second-order valence-electron chi connectivity index (χ2n) is 10.3. The molecular weight excluding hydrogens is 500 g/mol. The van der Waals surface area contributed by atoms with E-state index in [-0.39, 0.29) is 30.6 Å². The second kappa shape index (κ2) is 8.49. The van der Waals surface area contributed by atoms with E-state index >= 15 is 0 Å². The fourth-order valence-electron chi connectivity index (χ4n) is 6.29. The number of Topliss-reactive ketones (excluding diaryl/α,β-unsaturated/α-hetero) is 4. The van der Waals surface area contributed by atoms with Crippen molar-refractivity contribution in [2.45, 2.75) is 24.9 Å². The summed E-state index contributed by atoms with van der Waals surface area (Å²) in [4.78, 5) is 66.8. The van der Waals surface area contributed by atoms with E-state index < -0.39 is 58.3 Å². The molecule has 4 N–H and O–H groups in total. The van der Waals surface area contributed by atoms with Gasteiger partial charge in [0.2, 0.25) is 5.91 Å². The number of amides is 1. The number of benzene rings is 2. The van der Waals surface area contributed by atoms with Gasteiger partial charge in [0.15, 0.2) is 34.7 Å². The molecule has 5 atom stereocenters. The van der Waals surface area contributed by atoms with Crippen LogP contribution >= 0.6 is 11.6 Å². The number of nitrogens with two attached hydrogens (primary N) is 1. The molecule has 2 unspecified atom stereocenters. The molecule has 9 nitrogen and oxygen atoms in total. The smallest absolute Gasteiger partial charge is 0.235 e. The highest BCUT2D eigenvalue weighted by Gasteiger charge is 2.66. The van der Waals surface area contributed by atoms with Crippen molar-refractivity contribution in [1.29, 1.82) is 0 Å². The number of halogens is 1. The van der Waals surface area contributed by atoms with Crippen molar-refractivity contribution in [2.75, 3.05) is 19.0 Å². The Morgan fingerprint density at radius 2 is 1.81 bits per heavy atom. The molecule has 37 heavy (non-hydrogen) atoms. The van der Waals surface area contributed by atoms with Gasteiger partial charge in [0.1, 0.15) is 5.75 Å². The maximum atomic E-state index is 13.9. The first-order chi connectivity index (χ1) is 17.4. The summed E-state index contributed by atoms with van der Waals surface area (Å²) in [6, 6.07) is 8.49. The molecule has 0 saturated heterocycles. The van der Waals surface area contributed by atoms with Crippen LogP contribution < -0.4 is 10.6 Å². The lowest BCUT2D eigenvalue weighted by Crippen LogP contribution is -2.68. The predicted octanol–water partition coefficient (Wildman–Crippen LogP) is 1.71. The predicted molar refractivity (Wildman–Crippen MR) is 133 cm³/mol. The Morgan fingerprint density at radius 1 is 1.11 bits per heavy atom. The zero-order valence-electron chi connectivity index (χ0n) is 20.2. The fraction of sp³-hybridized carbons (Fsp3) is 0.370. The third kappa shape index (κ3) is 3.52. The van der Waals surface area contributed by atoms with Crippen molar-refractivity contribution in [1.82, 2.24) is 0 Å².